The van der Waals surface area contributed by atoms with E-state index in [1.807, 2.05) is 86.6 Å². The first-order chi connectivity index (χ1) is 17.9. The van der Waals surface area contributed by atoms with Crippen molar-refractivity contribution in [3.05, 3.63) is 113 Å². The lowest BCUT2D eigenvalue weighted by Gasteiger charge is -2.13. The summed E-state index contributed by atoms with van der Waals surface area (Å²) in [6, 6.07) is 28.6. The maximum atomic E-state index is 12.9. The number of hydrogen-bond donors (Lipinski definition) is 2. The molecule has 0 bridgehead atoms. The number of carbonyl (C=O) groups is 1. The van der Waals surface area contributed by atoms with E-state index in [0.717, 1.165) is 39.0 Å². The predicted molar refractivity (Wildman–Crippen MR) is 150 cm³/mol. The van der Waals surface area contributed by atoms with Crippen molar-refractivity contribution in [1.82, 2.24) is 10.3 Å². The van der Waals surface area contributed by atoms with Gasteiger partial charge < -0.3 is 14.5 Å². The van der Waals surface area contributed by atoms with Crippen LogP contribution < -0.4 is 15.4 Å². The molecule has 0 aliphatic heterocycles. The van der Waals surface area contributed by atoms with Crippen LogP contribution in [0.15, 0.2) is 95.4 Å². The van der Waals surface area contributed by atoms with Gasteiger partial charge in [-0.2, -0.15) is 0 Å². The average molecular weight is 508 g/mol. The zero-order valence-electron chi connectivity index (χ0n) is 20.4. The first-order valence-electron chi connectivity index (χ1n) is 11.8. The number of rotatable bonds is 6. The molecule has 184 valence electrons. The molecule has 0 saturated heterocycles. The van der Waals surface area contributed by atoms with Gasteiger partial charge in [-0.3, -0.25) is 10.1 Å². The topological polar surface area (TPSA) is 76.4 Å². The maximum absolute atomic E-state index is 12.9. The quantitative estimate of drug-likeness (QED) is 0.246. The lowest BCUT2D eigenvalue weighted by atomic mass is 10.1. The minimum Gasteiger partial charge on any atom is -0.489 e. The van der Waals surface area contributed by atoms with Crippen molar-refractivity contribution >= 4 is 40.0 Å². The van der Waals surface area contributed by atoms with E-state index in [1.54, 1.807) is 18.2 Å². The predicted octanol–water partition coefficient (Wildman–Crippen LogP) is 6.82. The first kappa shape index (κ1) is 24.2. The highest BCUT2D eigenvalue weighted by Gasteiger charge is 2.13. The highest BCUT2D eigenvalue weighted by atomic mass is 32.1. The van der Waals surface area contributed by atoms with E-state index in [0.29, 0.717) is 23.8 Å². The van der Waals surface area contributed by atoms with Gasteiger partial charge in [-0.1, -0.05) is 48.5 Å². The fourth-order valence-corrected chi connectivity index (χ4v) is 4.04. The molecule has 0 spiro atoms. The molecule has 0 unspecified atom stereocenters. The molecule has 37 heavy (non-hydrogen) atoms. The van der Waals surface area contributed by atoms with Gasteiger partial charge in [0.2, 0.25) is 5.89 Å². The van der Waals surface area contributed by atoms with Gasteiger partial charge in [-0.25, -0.2) is 4.98 Å². The number of aryl methyl sites for hydroxylation is 2. The van der Waals surface area contributed by atoms with Gasteiger partial charge >= 0.3 is 0 Å². The fourth-order valence-electron chi connectivity index (χ4n) is 3.84. The number of aromatic nitrogens is 1. The molecule has 0 saturated carbocycles. The van der Waals surface area contributed by atoms with Crippen LogP contribution in [0.4, 0.5) is 5.69 Å². The number of thiocarbonyl (C=S) groups is 1. The van der Waals surface area contributed by atoms with Crippen molar-refractivity contribution in [3.63, 3.8) is 0 Å². The van der Waals surface area contributed by atoms with Crippen LogP contribution in [0.3, 0.4) is 0 Å². The second kappa shape index (κ2) is 10.6. The third-order valence-electron chi connectivity index (χ3n) is 5.85. The van der Waals surface area contributed by atoms with Crippen molar-refractivity contribution in [1.29, 1.82) is 0 Å². The van der Waals surface area contributed by atoms with Crippen molar-refractivity contribution in [2.75, 3.05) is 5.32 Å². The number of amides is 1. The molecule has 0 aliphatic rings. The van der Waals surface area contributed by atoms with Gasteiger partial charge in [-0.05, 0) is 85.2 Å². The Bertz CT molecular complexity index is 1590. The van der Waals surface area contributed by atoms with E-state index in [4.69, 9.17) is 21.4 Å². The highest BCUT2D eigenvalue weighted by molar-refractivity contribution is 7.80. The van der Waals surface area contributed by atoms with E-state index in [1.165, 1.54) is 0 Å². The maximum Gasteiger partial charge on any atom is 0.257 e. The Morgan fingerprint density at radius 3 is 2.62 bits per heavy atom. The Balaban J connectivity index is 1.25. The smallest absolute Gasteiger partial charge is 0.257 e. The first-order valence-corrected chi connectivity index (χ1v) is 12.2. The van der Waals surface area contributed by atoms with E-state index >= 15 is 0 Å². The standard InChI is InChI=1S/C30H25N3O3S/c1-19-11-14-25-27(15-19)36-29(31-25)23-13-12-20(2)26(17-23)32-30(37)33-28(34)22-9-6-10-24(16-22)35-18-21-7-4-3-5-8-21/h3-17H,18H2,1-2H3,(H2,32,33,34,37). The minimum absolute atomic E-state index is 0.189. The van der Waals surface area contributed by atoms with Crippen LogP contribution in [0.25, 0.3) is 22.6 Å². The Kier molecular flexibility index (Phi) is 6.96. The van der Waals surface area contributed by atoms with Crippen LogP contribution in [0, 0.1) is 13.8 Å². The molecule has 2 N–H and O–H groups in total. The van der Waals surface area contributed by atoms with Gasteiger partial charge in [0.25, 0.3) is 5.91 Å². The number of benzene rings is 4. The van der Waals surface area contributed by atoms with Crippen LogP contribution in [-0.4, -0.2) is 16.0 Å². The Hall–Kier alpha value is -4.49. The van der Waals surface area contributed by atoms with Crippen molar-refractivity contribution in [3.8, 4) is 17.2 Å². The normalized spacial score (nSPS) is 10.8. The zero-order valence-corrected chi connectivity index (χ0v) is 21.3. The monoisotopic (exact) mass is 507 g/mol. The molecule has 0 fully saturated rings. The van der Waals surface area contributed by atoms with Crippen LogP contribution in [0.1, 0.15) is 27.0 Å². The molecule has 1 amide bonds. The second-order valence-corrected chi connectivity index (χ2v) is 9.14. The van der Waals surface area contributed by atoms with E-state index in [9.17, 15) is 4.79 Å². The molecule has 1 aromatic heterocycles. The number of anilines is 1. The van der Waals surface area contributed by atoms with Crippen LogP contribution in [0.5, 0.6) is 5.75 Å². The Labute approximate surface area is 220 Å². The lowest BCUT2D eigenvalue weighted by molar-refractivity contribution is 0.0977. The molecule has 4 aromatic carbocycles. The molecular weight excluding hydrogens is 482 g/mol. The van der Waals surface area contributed by atoms with Crippen molar-refractivity contribution in [2.45, 2.75) is 20.5 Å². The number of nitrogens with zero attached hydrogens (tertiary/aromatic N) is 1. The van der Waals surface area contributed by atoms with E-state index in [-0.39, 0.29) is 11.0 Å². The Morgan fingerprint density at radius 2 is 1.78 bits per heavy atom. The molecule has 7 heteroatoms. The fraction of sp³-hybridized carbons (Fsp3) is 0.100. The number of nitrogens with one attached hydrogen (secondary N) is 2. The molecule has 6 nitrogen and oxygen atoms in total. The molecule has 1 heterocycles. The summed E-state index contributed by atoms with van der Waals surface area (Å²) in [5, 5.41) is 6.06. The summed E-state index contributed by atoms with van der Waals surface area (Å²) < 4.78 is 11.8. The summed E-state index contributed by atoms with van der Waals surface area (Å²) in [5.74, 6) is 0.796. The summed E-state index contributed by atoms with van der Waals surface area (Å²) in [6.07, 6.45) is 0. The zero-order chi connectivity index (χ0) is 25.8. The molecule has 5 rings (SSSR count). The summed E-state index contributed by atoms with van der Waals surface area (Å²) in [7, 11) is 0. The minimum atomic E-state index is -0.328. The number of oxazole rings is 1. The molecule has 0 aliphatic carbocycles. The molecule has 0 radical (unpaired) electrons. The number of hydrogen-bond acceptors (Lipinski definition) is 5. The molecule has 5 aromatic rings. The number of fused-ring (bicyclic) bond motifs is 1. The third-order valence-corrected chi connectivity index (χ3v) is 6.05. The second-order valence-electron chi connectivity index (χ2n) is 8.73. The molecule has 0 atom stereocenters. The number of carbonyl (C=O) groups excluding carboxylic acids is 1. The van der Waals surface area contributed by atoms with E-state index in [2.05, 4.69) is 15.6 Å². The summed E-state index contributed by atoms with van der Waals surface area (Å²) in [6.45, 7) is 4.39. The average Bonchev–Trinajstić information content (AvgIpc) is 3.33. The van der Waals surface area contributed by atoms with E-state index < -0.39 is 0 Å². The van der Waals surface area contributed by atoms with Gasteiger partial charge in [0.05, 0.1) is 0 Å². The van der Waals surface area contributed by atoms with Gasteiger partial charge in [-0.15, -0.1) is 0 Å². The highest BCUT2D eigenvalue weighted by Crippen LogP contribution is 2.28. The summed E-state index contributed by atoms with van der Waals surface area (Å²) >= 11 is 5.43. The number of ether oxygens (including phenoxy) is 1. The summed E-state index contributed by atoms with van der Waals surface area (Å²) in [4.78, 5) is 17.4. The Morgan fingerprint density at radius 1 is 0.946 bits per heavy atom. The summed E-state index contributed by atoms with van der Waals surface area (Å²) in [5.41, 5.74) is 6.66. The van der Waals surface area contributed by atoms with Crippen LogP contribution in [0.2, 0.25) is 0 Å². The van der Waals surface area contributed by atoms with Crippen molar-refractivity contribution < 1.29 is 13.9 Å². The third kappa shape index (κ3) is 5.85. The van der Waals surface area contributed by atoms with Gasteiger partial charge in [0.15, 0.2) is 10.7 Å². The van der Waals surface area contributed by atoms with Gasteiger partial charge in [0, 0.05) is 16.8 Å². The van der Waals surface area contributed by atoms with Crippen molar-refractivity contribution in [2.24, 2.45) is 0 Å². The van der Waals surface area contributed by atoms with Crippen LogP contribution >= 0.6 is 12.2 Å². The van der Waals surface area contributed by atoms with Gasteiger partial charge in [0.1, 0.15) is 17.9 Å². The largest absolute Gasteiger partial charge is 0.489 e. The van der Waals surface area contributed by atoms with Crippen LogP contribution in [-0.2, 0) is 6.61 Å². The lowest BCUT2D eigenvalue weighted by Crippen LogP contribution is -2.34. The molecular formula is C30H25N3O3S. The SMILES string of the molecule is Cc1ccc2nc(-c3ccc(C)c(NC(=S)NC(=O)c4cccc(OCc5ccccc5)c4)c3)oc2c1.